The van der Waals surface area contributed by atoms with Crippen LogP contribution in [0.1, 0.15) is 56.0 Å². The van der Waals surface area contributed by atoms with Gasteiger partial charge in [0.05, 0.1) is 5.69 Å². The monoisotopic (exact) mass is 268 g/mol. The van der Waals surface area contributed by atoms with Gasteiger partial charge in [0.1, 0.15) is 11.6 Å². The van der Waals surface area contributed by atoms with Crippen LogP contribution in [0.25, 0.3) is 0 Å². The number of hydrogen-bond acceptors (Lipinski definition) is 4. The molecule has 5 heteroatoms. The molecule has 1 heterocycles. The first-order valence-electron chi connectivity index (χ1n) is 6.85. The molecule has 4 nitrogen and oxygen atoms in total. The molecule has 18 heavy (non-hydrogen) atoms. The van der Waals surface area contributed by atoms with Crippen LogP contribution in [0.2, 0.25) is 0 Å². The van der Waals surface area contributed by atoms with Crippen LogP contribution >= 0.6 is 11.8 Å². The Morgan fingerprint density at radius 1 is 1.33 bits per heavy atom. The number of nitrogen functional groups attached to an aromatic ring is 2. The highest BCUT2D eigenvalue weighted by Crippen LogP contribution is 2.33. The number of hydrogen-bond donors (Lipinski definition) is 2. The van der Waals surface area contributed by atoms with E-state index >= 15 is 0 Å². The first-order valence-corrected chi connectivity index (χ1v) is 8.24. The number of thioether (sulfide) groups is 1. The van der Waals surface area contributed by atoms with Crippen LogP contribution in [0.3, 0.4) is 0 Å². The molecule has 0 radical (unpaired) electrons. The molecule has 0 aliphatic heterocycles. The molecule has 4 N–H and O–H groups in total. The maximum Gasteiger partial charge on any atom is 0.145 e. The molecule has 1 aromatic heterocycles. The summed E-state index contributed by atoms with van der Waals surface area (Å²) in [6, 6.07) is 0. The summed E-state index contributed by atoms with van der Waals surface area (Å²) in [6.45, 7) is 0. The van der Waals surface area contributed by atoms with Gasteiger partial charge < -0.3 is 11.6 Å². The van der Waals surface area contributed by atoms with E-state index in [4.69, 9.17) is 16.6 Å². The van der Waals surface area contributed by atoms with E-state index in [0.717, 1.165) is 30.1 Å². The minimum Gasteiger partial charge on any atom is -0.382 e. The molecule has 2 rings (SSSR count). The van der Waals surface area contributed by atoms with Crippen LogP contribution in [0.5, 0.6) is 0 Å². The molecule has 1 aromatic rings. The highest BCUT2D eigenvalue weighted by Gasteiger charge is 2.23. The summed E-state index contributed by atoms with van der Waals surface area (Å²) in [5.74, 6) is 9.39. The van der Waals surface area contributed by atoms with Crippen LogP contribution in [0, 0.1) is 0 Å². The lowest BCUT2D eigenvalue weighted by molar-refractivity contribution is 0.424. The van der Waals surface area contributed by atoms with Gasteiger partial charge in [0.2, 0.25) is 0 Å². The fraction of sp³-hybridized carbons (Fsp3) is 0.769. The molecular weight excluding hydrogens is 244 g/mol. The van der Waals surface area contributed by atoms with E-state index < -0.39 is 0 Å². The molecule has 1 saturated carbocycles. The van der Waals surface area contributed by atoms with Crippen molar-refractivity contribution in [2.45, 2.75) is 50.9 Å². The number of aromatic nitrogens is 2. The van der Waals surface area contributed by atoms with Crippen molar-refractivity contribution in [3.05, 3.63) is 11.5 Å². The third-order valence-corrected chi connectivity index (χ3v) is 4.48. The third-order valence-electron chi connectivity index (χ3n) is 3.78. The summed E-state index contributed by atoms with van der Waals surface area (Å²) < 4.78 is 1.63. The summed E-state index contributed by atoms with van der Waals surface area (Å²) in [7, 11) is 0. The molecular formula is C13H24N4S. The highest BCUT2D eigenvalue weighted by atomic mass is 32.2. The number of aryl methyl sites for hydroxylation is 1. The Morgan fingerprint density at radius 2 is 2.06 bits per heavy atom. The van der Waals surface area contributed by atoms with E-state index in [1.54, 1.807) is 4.68 Å². The molecule has 1 aliphatic rings. The minimum absolute atomic E-state index is 0.514. The SMILES string of the molecule is CSCCCc1nc(C2CCCCC2)n(N)c1N. The Hall–Kier alpha value is -0.840. The van der Waals surface area contributed by atoms with Gasteiger partial charge in [-0.15, -0.1) is 0 Å². The van der Waals surface area contributed by atoms with E-state index in [1.165, 1.54) is 32.1 Å². The van der Waals surface area contributed by atoms with Crippen LogP contribution in [-0.2, 0) is 6.42 Å². The molecule has 1 fully saturated rings. The Balaban J connectivity index is 2.08. The zero-order valence-corrected chi connectivity index (χ0v) is 12.0. The Labute approximate surface area is 113 Å². The van der Waals surface area contributed by atoms with Crippen LogP contribution in [0.15, 0.2) is 0 Å². The van der Waals surface area contributed by atoms with E-state index in [-0.39, 0.29) is 0 Å². The normalized spacial score (nSPS) is 17.2. The van der Waals surface area contributed by atoms with Crippen LogP contribution < -0.4 is 11.6 Å². The second-order valence-corrected chi connectivity index (χ2v) is 6.09. The van der Waals surface area contributed by atoms with Crippen molar-refractivity contribution >= 4 is 17.6 Å². The van der Waals surface area contributed by atoms with Gasteiger partial charge in [0.25, 0.3) is 0 Å². The van der Waals surface area contributed by atoms with Gasteiger partial charge >= 0.3 is 0 Å². The standard InChI is InChI=1S/C13H24N4S/c1-18-9-5-8-11-12(14)17(15)13(16-11)10-6-3-2-4-7-10/h10H,2-9,14-15H2,1H3. The van der Waals surface area contributed by atoms with Gasteiger partial charge in [-0.3, -0.25) is 0 Å². The zero-order valence-electron chi connectivity index (χ0n) is 11.2. The molecule has 0 unspecified atom stereocenters. The topological polar surface area (TPSA) is 69.9 Å². The lowest BCUT2D eigenvalue weighted by Gasteiger charge is -2.20. The van der Waals surface area contributed by atoms with Gasteiger partial charge in [-0.2, -0.15) is 11.8 Å². The molecule has 0 spiro atoms. The van der Waals surface area contributed by atoms with E-state index in [1.807, 2.05) is 11.8 Å². The van der Waals surface area contributed by atoms with Gasteiger partial charge in [-0.05, 0) is 37.7 Å². The fourth-order valence-corrected chi connectivity index (χ4v) is 3.16. The van der Waals surface area contributed by atoms with Crippen molar-refractivity contribution < 1.29 is 0 Å². The van der Waals surface area contributed by atoms with Crippen molar-refractivity contribution in [3.63, 3.8) is 0 Å². The highest BCUT2D eigenvalue weighted by molar-refractivity contribution is 7.98. The minimum atomic E-state index is 0.514. The molecule has 0 amide bonds. The first kappa shape index (κ1) is 13.6. The summed E-state index contributed by atoms with van der Waals surface area (Å²) >= 11 is 1.86. The average Bonchev–Trinajstić information content (AvgIpc) is 2.68. The van der Waals surface area contributed by atoms with Crippen molar-refractivity contribution in [2.75, 3.05) is 23.6 Å². The first-order chi connectivity index (χ1) is 8.74. The third kappa shape index (κ3) is 2.94. The van der Waals surface area contributed by atoms with Crippen LogP contribution in [0.4, 0.5) is 5.82 Å². The maximum atomic E-state index is 6.06. The van der Waals surface area contributed by atoms with Crippen molar-refractivity contribution in [2.24, 2.45) is 0 Å². The molecule has 0 atom stereocenters. The predicted molar refractivity (Wildman–Crippen MR) is 79.3 cm³/mol. The molecule has 102 valence electrons. The summed E-state index contributed by atoms with van der Waals surface area (Å²) in [5, 5.41) is 0. The second kappa shape index (κ2) is 6.36. The summed E-state index contributed by atoms with van der Waals surface area (Å²) in [5.41, 5.74) is 7.05. The molecule has 1 aliphatic carbocycles. The van der Waals surface area contributed by atoms with Gasteiger partial charge in [-0.25, -0.2) is 9.66 Å². The zero-order chi connectivity index (χ0) is 13.0. The second-order valence-electron chi connectivity index (χ2n) is 5.10. The largest absolute Gasteiger partial charge is 0.382 e. The predicted octanol–water partition coefficient (Wildman–Crippen LogP) is 2.52. The molecule has 0 saturated heterocycles. The Bertz CT molecular complexity index is 383. The summed E-state index contributed by atoms with van der Waals surface area (Å²) in [6.07, 6.45) is 10.5. The maximum absolute atomic E-state index is 6.06. The van der Waals surface area contributed by atoms with Crippen molar-refractivity contribution in [1.29, 1.82) is 0 Å². The van der Waals surface area contributed by atoms with E-state index in [9.17, 15) is 0 Å². The quantitative estimate of drug-likeness (QED) is 0.636. The van der Waals surface area contributed by atoms with Crippen molar-refractivity contribution in [1.82, 2.24) is 9.66 Å². The van der Waals surface area contributed by atoms with E-state index in [0.29, 0.717) is 11.7 Å². The number of anilines is 1. The number of nitrogens with zero attached hydrogens (tertiary/aromatic N) is 2. The number of nitrogens with two attached hydrogens (primary N) is 2. The van der Waals surface area contributed by atoms with E-state index in [2.05, 4.69) is 6.26 Å². The number of imidazole rings is 1. The van der Waals surface area contributed by atoms with Crippen LogP contribution in [-0.4, -0.2) is 21.7 Å². The fourth-order valence-electron chi connectivity index (χ4n) is 2.73. The molecule has 0 bridgehead atoms. The molecule has 0 aromatic carbocycles. The smallest absolute Gasteiger partial charge is 0.145 e. The number of rotatable bonds is 5. The lowest BCUT2D eigenvalue weighted by Crippen LogP contribution is -2.19. The Kier molecular flexibility index (Phi) is 4.80. The van der Waals surface area contributed by atoms with Gasteiger partial charge in [-0.1, -0.05) is 19.3 Å². The van der Waals surface area contributed by atoms with Gasteiger partial charge in [0, 0.05) is 5.92 Å². The van der Waals surface area contributed by atoms with Crippen molar-refractivity contribution in [3.8, 4) is 0 Å². The average molecular weight is 268 g/mol. The lowest BCUT2D eigenvalue weighted by atomic mass is 9.89. The Morgan fingerprint density at radius 3 is 2.72 bits per heavy atom. The summed E-state index contributed by atoms with van der Waals surface area (Å²) in [4.78, 5) is 4.71. The van der Waals surface area contributed by atoms with Gasteiger partial charge in [0.15, 0.2) is 0 Å².